The highest BCUT2D eigenvalue weighted by molar-refractivity contribution is 5.85. The van der Waals surface area contributed by atoms with E-state index in [-0.39, 0.29) is 24.7 Å². The number of hydrogen-bond donors (Lipinski definition) is 2. The molecule has 0 radical (unpaired) electrons. The fourth-order valence-electron chi connectivity index (χ4n) is 1.97. The number of nitrogens with one attached hydrogen (secondary N) is 1. The normalized spacial score (nSPS) is 10.6. The SMILES string of the molecule is Cl.Cn1c(=O)n(C)c2cc(CNCCO)ccc21. The predicted molar refractivity (Wildman–Crippen MR) is 74.2 cm³/mol. The second-order valence-corrected chi connectivity index (χ2v) is 4.12. The van der Waals surface area contributed by atoms with Crippen LogP contribution in [0.2, 0.25) is 0 Å². The van der Waals surface area contributed by atoms with E-state index < -0.39 is 0 Å². The van der Waals surface area contributed by atoms with Crippen LogP contribution in [0.3, 0.4) is 0 Å². The number of benzene rings is 1. The molecule has 0 aliphatic rings. The Labute approximate surface area is 111 Å². The zero-order valence-corrected chi connectivity index (χ0v) is 11.3. The molecule has 1 aromatic heterocycles. The van der Waals surface area contributed by atoms with Crippen LogP contribution in [0.4, 0.5) is 0 Å². The maximum absolute atomic E-state index is 11.7. The summed E-state index contributed by atoms with van der Waals surface area (Å²) in [6.07, 6.45) is 0. The largest absolute Gasteiger partial charge is 0.395 e. The number of imidazole rings is 1. The molecule has 0 saturated heterocycles. The number of nitrogens with zero attached hydrogens (tertiary/aromatic N) is 2. The summed E-state index contributed by atoms with van der Waals surface area (Å²) in [5, 5.41) is 11.8. The molecule has 0 saturated carbocycles. The highest BCUT2D eigenvalue weighted by Crippen LogP contribution is 2.13. The van der Waals surface area contributed by atoms with Crippen LogP contribution in [-0.4, -0.2) is 27.4 Å². The molecule has 1 aromatic carbocycles. The molecule has 18 heavy (non-hydrogen) atoms. The third kappa shape index (κ3) is 2.58. The lowest BCUT2D eigenvalue weighted by Crippen LogP contribution is -2.19. The van der Waals surface area contributed by atoms with Gasteiger partial charge in [0.25, 0.3) is 0 Å². The maximum Gasteiger partial charge on any atom is 0.328 e. The van der Waals surface area contributed by atoms with Crippen LogP contribution in [0, 0.1) is 0 Å². The van der Waals surface area contributed by atoms with Crippen LogP contribution < -0.4 is 11.0 Å². The minimum absolute atomic E-state index is 0. The van der Waals surface area contributed by atoms with Gasteiger partial charge in [-0.25, -0.2) is 4.79 Å². The van der Waals surface area contributed by atoms with Crippen LogP contribution >= 0.6 is 12.4 Å². The minimum atomic E-state index is -0.0135. The number of aliphatic hydroxyl groups excluding tert-OH is 1. The van der Waals surface area contributed by atoms with Gasteiger partial charge in [0.15, 0.2) is 0 Å². The third-order valence-electron chi connectivity index (χ3n) is 2.95. The molecule has 0 aliphatic heterocycles. The van der Waals surface area contributed by atoms with Crippen molar-refractivity contribution in [2.75, 3.05) is 13.2 Å². The number of fused-ring (bicyclic) bond motifs is 1. The molecule has 0 atom stereocenters. The Morgan fingerprint density at radius 3 is 2.56 bits per heavy atom. The van der Waals surface area contributed by atoms with Crippen LogP contribution in [0.5, 0.6) is 0 Å². The lowest BCUT2D eigenvalue weighted by molar-refractivity contribution is 0.292. The Bertz CT molecular complexity index is 589. The summed E-state index contributed by atoms with van der Waals surface area (Å²) in [5.41, 5.74) is 2.96. The summed E-state index contributed by atoms with van der Waals surface area (Å²) in [4.78, 5) is 11.7. The lowest BCUT2D eigenvalue weighted by Gasteiger charge is -2.04. The Morgan fingerprint density at radius 1 is 1.22 bits per heavy atom. The Kier molecular flexibility index (Phi) is 4.95. The Morgan fingerprint density at radius 2 is 1.89 bits per heavy atom. The molecule has 0 fully saturated rings. The second kappa shape index (κ2) is 6.04. The van der Waals surface area contributed by atoms with Crippen LogP contribution in [0.15, 0.2) is 23.0 Å². The molecule has 2 aromatic rings. The molecule has 6 heteroatoms. The molecule has 100 valence electrons. The van der Waals surface area contributed by atoms with Gasteiger partial charge in [-0.3, -0.25) is 9.13 Å². The van der Waals surface area contributed by atoms with Gasteiger partial charge in [-0.15, -0.1) is 12.4 Å². The molecule has 0 aliphatic carbocycles. The van der Waals surface area contributed by atoms with E-state index in [4.69, 9.17) is 5.11 Å². The standard InChI is InChI=1S/C12H17N3O2.ClH/c1-14-10-4-3-9(8-13-5-6-16)7-11(10)15(2)12(14)17;/h3-4,7,13,16H,5-6,8H2,1-2H3;1H. The molecule has 0 amide bonds. The van der Waals surface area contributed by atoms with E-state index in [2.05, 4.69) is 5.32 Å². The van der Waals surface area contributed by atoms with E-state index in [9.17, 15) is 4.79 Å². The summed E-state index contributed by atoms with van der Waals surface area (Å²) in [6.45, 7) is 1.40. The fourth-order valence-corrected chi connectivity index (χ4v) is 1.97. The Balaban J connectivity index is 0.00000162. The molecule has 2 N–H and O–H groups in total. The summed E-state index contributed by atoms with van der Waals surface area (Å²) < 4.78 is 3.28. The van der Waals surface area contributed by atoms with E-state index in [0.717, 1.165) is 16.6 Å². The predicted octanol–water partition coefficient (Wildman–Crippen LogP) is 0.381. The van der Waals surface area contributed by atoms with Gasteiger partial charge in [0.1, 0.15) is 0 Å². The monoisotopic (exact) mass is 271 g/mol. The molecule has 0 spiro atoms. The number of aromatic nitrogens is 2. The number of hydrogen-bond acceptors (Lipinski definition) is 3. The minimum Gasteiger partial charge on any atom is -0.395 e. The smallest absolute Gasteiger partial charge is 0.328 e. The van der Waals surface area contributed by atoms with Gasteiger partial charge >= 0.3 is 5.69 Å². The van der Waals surface area contributed by atoms with E-state index in [0.29, 0.717) is 13.1 Å². The van der Waals surface area contributed by atoms with Crippen LogP contribution in [0.1, 0.15) is 5.56 Å². The van der Waals surface area contributed by atoms with E-state index >= 15 is 0 Å². The average Bonchev–Trinajstić information content (AvgIpc) is 2.55. The van der Waals surface area contributed by atoms with Crippen molar-refractivity contribution in [1.82, 2.24) is 14.5 Å². The first-order chi connectivity index (χ1) is 8.15. The maximum atomic E-state index is 11.7. The van der Waals surface area contributed by atoms with E-state index in [1.165, 1.54) is 0 Å². The summed E-state index contributed by atoms with van der Waals surface area (Å²) >= 11 is 0. The molecule has 2 rings (SSSR count). The highest BCUT2D eigenvalue weighted by Gasteiger charge is 2.07. The second-order valence-electron chi connectivity index (χ2n) is 4.12. The highest BCUT2D eigenvalue weighted by atomic mass is 35.5. The number of aliphatic hydroxyl groups is 1. The van der Waals surface area contributed by atoms with Crippen molar-refractivity contribution in [1.29, 1.82) is 0 Å². The van der Waals surface area contributed by atoms with E-state index in [1.54, 1.807) is 23.2 Å². The summed E-state index contributed by atoms with van der Waals surface area (Å²) in [7, 11) is 3.55. The summed E-state index contributed by atoms with van der Waals surface area (Å²) in [6, 6.07) is 5.94. The first kappa shape index (κ1) is 14.8. The summed E-state index contributed by atoms with van der Waals surface area (Å²) in [5.74, 6) is 0. The van der Waals surface area contributed by atoms with Crippen molar-refractivity contribution >= 4 is 23.4 Å². The third-order valence-corrected chi connectivity index (χ3v) is 2.95. The van der Waals surface area contributed by atoms with Gasteiger partial charge in [0.2, 0.25) is 0 Å². The number of aryl methyl sites for hydroxylation is 2. The van der Waals surface area contributed by atoms with Gasteiger partial charge in [0, 0.05) is 27.2 Å². The zero-order valence-electron chi connectivity index (χ0n) is 10.5. The number of rotatable bonds is 4. The van der Waals surface area contributed by atoms with Crippen molar-refractivity contribution in [3.63, 3.8) is 0 Å². The van der Waals surface area contributed by atoms with Gasteiger partial charge in [-0.2, -0.15) is 0 Å². The molecular formula is C12H18ClN3O2. The van der Waals surface area contributed by atoms with Crippen molar-refractivity contribution in [3.8, 4) is 0 Å². The first-order valence-electron chi connectivity index (χ1n) is 5.61. The molecule has 0 bridgehead atoms. The molecular weight excluding hydrogens is 254 g/mol. The first-order valence-corrected chi connectivity index (χ1v) is 5.61. The molecule has 1 heterocycles. The van der Waals surface area contributed by atoms with Crippen molar-refractivity contribution in [2.45, 2.75) is 6.54 Å². The van der Waals surface area contributed by atoms with Crippen LogP contribution in [0.25, 0.3) is 11.0 Å². The van der Waals surface area contributed by atoms with Gasteiger partial charge < -0.3 is 10.4 Å². The van der Waals surface area contributed by atoms with E-state index in [1.807, 2.05) is 18.2 Å². The van der Waals surface area contributed by atoms with Gasteiger partial charge in [0.05, 0.1) is 17.6 Å². The average molecular weight is 272 g/mol. The molecule has 5 nitrogen and oxygen atoms in total. The van der Waals surface area contributed by atoms with Crippen molar-refractivity contribution in [3.05, 3.63) is 34.2 Å². The Hall–Kier alpha value is -1.30. The topological polar surface area (TPSA) is 59.2 Å². The molecule has 0 unspecified atom stereocenters. The van der Waals surface area contributed by atoms with Gasteiger partial charge in [-0.05, 0) is 17.7 Å². The fraction of sp³-hybridized carbons (Fsp3) is 0.417. The lowest BCUT2D eigenvalue weighted by atomic mass is 10.2. The zero-order chi connectivity index (χ0) is 12.4. The number of halogens is 1. The van der Waals surface area contributed by atoms with Crippen molar-refractivity contribution < 1.29 is 5.11 Å². The van der Waals surface area contributed by atoms with Crippen molar-refractivity contribution in [2.24, 2.45) is 14.1 Å². The van der Waals surface area contributed by atoms with Crippen LogP contribution in [-0.2, 0) is 20.6 Å². The van der Waals surface area contributed by atoms with Gasteiger partial charge in [-0.1, -0.05) is 6.07 Å². The quantitative estimate of drug-likeness (QED) is 0.791.